The second-order valence-corrected chi connectivity index (χ2v) is 12.2. The lowest BCUT2D eigenvalue weighted by atomic mass is 10.1. The molecule has 0 aliphatic heterocycles. The van der Waals surface area contributed by atoms with Gasteiger partial charge in [-0.05, 0) is 60.4 Å². The third kappa shape index (κ3) is 8.20. The van der Waals surface area contributed by atoms with Crippen molar-refractivity contribution in [1.29, 1.82) is 0 Å². The highest BCUT2D eigenvalue weighted by molar-refractivity contribution is 7.92. The van der Waals surface area contributed by atoms with Gasteiger partial charge in [0.2, 0.25) is 11.8 Å². The lowest BCUT2D eigenvalue weighted by Crippen LogP contribution is -2.52. The maximum Gasteiger partial charge on any atom is 0.264 e. The molecular weight excluding hydrogens is 569 g/mol. The van der Waals surface area contributed by atoms with E-state index in [1.807, 2.05) is 13.8 Å². The predicted octanol–water partition coefficient (Wildman–Crippen LogP) is 5.26. The van der Waals surface area contributed by atoms with Gasteiger partial charge in [-0.2, -0.15) is 0 Å². The van der Waals surface area contributed by atoms with E-state index in [2.05, 4.69) is 5.32 Å². The molecule has 220 valence electrons. The zero-order chi connectivity index (χ0) is 30.2. The number of carbonyl (C=O) groups excluding carboxylic acids is 2. The Morgan fingerprint density at radius 1 is 1.02 bits per heavy atom. The Morgan fingerprint density at radius 2 is 1.68 bits per heavy atom. The van der Waals surface area contributed by atoms with Crippen LogP contribution in [-0.4, -0.2) is 51.4 Å². The molecule has 0 bridgehead atoms. The maximum absolute atomic E-state index is 14.1. The summed E-state index contributed by atoms with van der Waals surface area (Å²) in [4.78, 5) is 28.6. The number of ether oxygens (including phenoxy) is 1. The summed E-state index contributed by atoms with van der Waals surface area (Å²) in [6.45, 7) is 5.38. The van der Waals surface area contributed by atoms with Crippen molar-refractivity contribution in [1.82, 2.24) is 10.2 Å². The smallest absolute Gasteiger partial charge is 0.264 e. The van der Waals surface area contributed by atoms with Gasteiger partial charge >= 0.3 is 0 Å². The zero-order valence-electron chi connectivity index (χ0n) is 23.5. The number of methoxy groups -OCH3 is 1. The minimum Gasteiger partial charge on any atom is -0.495 e. The molecule has 0 aliphatic carbocycles. The summed E-state index contributed by atoms with van der Waals surface area (Å²) in [6, 6.07) is 16.8. The molecule has 0 fully saturated rings. The van der Waals surface area contributed by atoms with Crippen LogP contribution in [0.15, 0.2) is 77.7 Å². The molecule has 0 aliphatic rings. The molecule has 2 amide bonds. The monoisotopic (exact) mass is 603 g/mol. The summed E-state index contributed by atoms with van der Waals surface area (Å²) in [5, 5.41) is 3.11. The molecule has 11 heteroatoms. The molecule has 3 aromatic rings. The van der Waals surface area contributed by atoms with Gasteiger partial charge in [-0.3, -0.25) is 13.9 Å². The van der Waals surface area contributed by atoms with E-state index in [1.54, 1.807) is 31.2 Å². The number of sulfonamides is 1. The fourth-order valence-electron chi connectivity index (χ4n) is 4.22. The van der Waals surface area contributed by atoms with E-state index < -0.39 is 34.3 Å². The summed E-state index contributed by atoms with van der Waals surface area (Å²) in [5.74, 6) is -1.08. The summed E-state index contributed by atoms with van der Waals surface area (Å²) in [6.07, 6.45) is 0.267. The Balaban J connectivity index is 2.10. The summed E-state index contributed by atoms with van der Waals surface area (Å²) in [7, 11) is -2.90. The largest absolute Gasteiger partial charge is 0.495 e. The van der Waals surface area contributed by atoms with Crippen molar-refractivity contribution in [3.8, 4) is 5.75 Å². The van der Waals surface area contributed by atoms with Crippen LogP contribution in [0.1, 0.15) is 32.8 Å². The van der Waals surface area contributed by atoms with Gasteiger partial charge in [-0.15, -0.1) is 0 Å². The van der Waals surface area contributed by atoms with Crippen LogP contribution in [0.5, 0.6) is 5.75 Å². The SMILES string of the molecule is CC[C@@H](C(=O)NCC(C)C)N(Cc1ccc(F)cc1)C(=O)CN(c1cc(Cl)ccc1OC)S(=O)(=O)c1ccccc1. The highest BCUT2D eigenvalue weighted by Gasteiger charge is 2.34. The standard InChI is InChI=1S/C30H35ClFN3O5S/c1-5-26(30(37)33-18-21(2)3)34(19-22-11-14-24(32)15-12-22)29(36)20-35(27-17-23(31)13-16-28(27)40-4)41(38,39)25-9-7-6-8-10-25/h6-17,21,26H,5,18-20H2,1-4H3,(H,33,37)/t26-/m0/s1. The number of halogens is 2. The van der Waals surface area contributed by atoms with Crippen molar-refractivity contribution in [2.45, 2.75) is 44.7 Å². The van der Waals surface area contributed by atoms with Gasteiger partial charge in [0.25, 0.3) is 10.0 Å². The van der Waals surface area contributed by atoms with Gasteiger partial charge in [-0.25, -0.2) is 12.8 Å². The van der Waals surface area contributed by atoms with Crippen LogP contribution in [-0.2, 0) is 26.2 Å². The highest BCUT2D eigenvalue weighted by Crippen LogP contribution is 2.35. The Morgan fingerprint density at radius 3 is 2.27 bits per heavy atom. The maximum atomic E-state index is 14.1. The normalized spacial score (nSPS) is 12.1. The molecule has 0 saturated carbocycles. The molecule has 8 nitrogen and oxygen atoms in total. The van der Waals surface area contributed by atoms with E-state index in [4.69, 9.17) is 16.3 Å². The Kier molecular flexibility index (Phi) is 11.1. The second kappa shape index (κ2) is 14.3. The van der Waals surface area contributed by atoms with Crippen molar-refractivity contribution >= 4 is 39.1 Å². The van der Waals surface area contributed by atoms with E-state index in [-0.39, 0.29) is 46.1 Å². The molecule has 1 atom stereocenters. The van der Waals surface area contributed by atoms with E-state index in [1.165, 1.54) is 60.5 Å². The fourth-order valence-corrected chi connectivity index (χ4v) is 5.82. The number of hydrogen-bond donors (Lipinski definition) is 1. The van der Waals surface area contributed by atoms with Crippen molar-refractivity contribution in [3.63, 3.8) is 0 Å². The summed E-state index contributed by atoms with van der Waals surface area (Å²) >= 11 is 6.25. The zero-order valence-corrected chi connectivity index (χ0v) is 25.1. The molecule has 3 aromatic carbocycles. The van der Waals surface area contributed by atoms with Gasteiger partial charge in [0.05, 0.1) is 17.7 Å². The molecule has 41 heavy (non-hydrogen) atoms. The van der Waals surface area contributed by atoms with Crippen LogP contribution in [0.4, 0.5) is 10.1 Å². The number of anilines is 1. The molecule has 0 unspecified atom stereocenters. The lowest BCUT2D eigenvalue weighted by molar-refractivity contribution is -0.140. The fraction of sp³-hybridized carbons (Fsp3) is 0.333. The molecule has 0 saturated heterocycles. The van der Waals surface area contributed by atoms with Crippen LogP contribution in [0.2, 0.25) is 5.02 Å². The molecule has 0 heterocycles. The van der Waals surface area contributed by atoms with E-state index in [9.17, 15) is 22.4 Å². The van der Waals surface area contributed by atoms with Crippen LogP contribution >= 0.6 is 11.6 Å². The molecule has 0 aromatic heterocycles. The average molecular weight is 604 g/mol. The number of nitrogens with one attached hydrogen (secondary N) is 1. The van der Waals surface area contributed by atoms with Gasteiger partial charge in [0, 0.05) is 18.1 Å². The van der Waals surface area contributed by atoms with E-state index in [0.717, 1.165) is 4.31 Å². The van der Waals surface area contributed by atoms with Crippen LogP contribution in [0, 0.1) is 11.7 Å². The number of rotatable bonds is 13. The Labute approximate surface area is 246 Å². The van der Waals surface area contributed by atoms with Gasteiger partial charge < -0.3 is 15.0 Å². The summed E-state index contributed by atoms with van der Waals surface area (Å²) in [5.41, 5.74) is 0.643. The van der Waals surface area contributed by atoms with E-state index in [0.29, 0.717) is 12.1 Å². The van der Waals surface area contributed by atoms with Crippen molar-refractivity contribution < 1.29 is 27.1 Å². The van der Waals surface area contributed by atoms with Gasteiger partial charge in [0.1, 0.15) is 24.2 Å². The van der Waals surface area contributed by atoms with E-state index >= 15 is 0 Å². The Hall–Kier alpha value is -3.63. The number of nitrogens with zero attached hydrogens (tertiary/aromatic N) is 2. The Bertz CT molecular complexity index is 1440. The van der Waals surface area contributed by atoms with Gasteiger partial charge in [-0.1, -0.05) is 62.7 Å². The topological polar surface area (TPSA) is 96.0 Å². The van der Waals surface area contributed by atoms with Crippen molar-refractivity contribution in [2.24, 2.45) is 5.92 Å². The van der Waals surface area contributed by atoms with Crippen molar-refractivity contribution in [3.05, 3.63) is 89.2 Å². The van der Waals surface area contributed by atoms with Crippen LogP contribution < -0.4 is 14.4 Å². The number of amides is 2. The third-order valence-corrected chi connectivity index (χ3v) is 8.37. The quantitative estimate of drug-likeness (QED) is 0.287. The number of benzene rings is 3. The minimum atomic E-state index is -4.29. The first kappa shape index (κ1) is 31.9. The van der Waals surface area contributed by atoms with Gasteiger partial charge in [0.15, 0.2) is 0 Å². The number of hydrogen-bond acceptors (Lipinski definition) is 5. The lowest BCUT2D eigenvalue weighted by Gasteiger charge is -2.33. The molecule has 0 radical (unpaired) electrons. The summed E-state index contributed by atoms with van der Waals surface area (Å²) < 4.78 is 47.9. The molecule has 1 N–H and O–H groups in total. The number of carbonyl (C=O) groups is 2. The second-order valence-electron chi connectivity index (χ2n) is 9.85. The first-order chi connectivity index (χ1) is 19.5. The molecule has 3 rings (SSSR count). The third-order valence-electron chi connectivity index (χ3n) is 6.36. The molecule has 0 spiro atoms. The first-order valence-electron chi connectivity index (χ1n) is 13.2. The average Bonchev–Trinajstić information content (AvgIpc) is 2.95. The minimum absolute atomic E-state index is 0.0402. The molecular formula is C30H35ClFN3O5S. The van der Waals surface area contributed by atoms with Crippen molar-refractivity contribution in [2.75, 3.05) is 24.5 Å². The highest BCUT2D eigenvalue weighted by atomic mass is 35.5. The van der Waals surface area contributed by atoms with Crippen LogP contribution in [0.3, 0.4) is 0 Å². The first-order valence-corrected chi connectivity index (χ1v) is 15.0. The van der Waals surface area contributed by atoms with Crippen LogP contribution in [0.25, 0.3) is 0 Å². The predicted molar refractivity (Wildman–Crippen MR) is 158 cm³/mol.